The number of nitriles is 1. The number of halogens is 3. The third kappa shape index (κ3) is 4.18. The number of pyridine rings is 1. The molecule has 7 heteroatoms. The topological polar surface area (TPSA) is 44.3 Å². The fourth-order valence-corrected chi connectivity index (χ4v) is 4.05. The van der Waals surface area contributed by atoms with Gasteiger partial charge in [0.25, 0.3) is 0 Å². The minimum atomic E-state index is -4.24. The monoisotopic (exact) mass is 410 g/mol. The lowest BCUT2D eigenvalue weighted by Gasteiger charge is -2.34. The van der Waals surface area contributed by atoms with Crippen molar-refractivity contribution in [2.24, 2.45) is 0 Å². The van der Waals surface area contributed by atoms with E-state index in [1.807, 2.05) is 12.1 Å². The average Bonchev–Trinajstić information content (AvgIpc) is 3.16. The average molecular weight is 410 g/mol. The summed E-state index contributed by atoms with van der Waals surface area (Å²) in [7, 11) is 0. The first kappa shape index (κ1) is 20.0. The Balaban J connectivity index is 1.55. The molecular formula is C23H21F3N4. The van der Waals surface area contributed by atoms with Crippen LogP contribution in [0.3, 0.4) is 0 Å². The smallest absolute Gasteiger partial charge is 0.370 e. The van der Waals surface area contributed by atoms with Gasteiger partial charge in [-0.3, -0.25) is 4.40 Å². The highest BCUT2D eigenvalue weighted by Crippen LogP contribution is 2.33. The molecular weight excluding hydrogens is 389 g/mol. The number of aromatic nitrogens is 2. The van der Waals surface area contributed by atoms with E-state index in [0.29, 0.717) is 22.8 Å². The summed E-state index contributed by atoms with van der Waals surface area (Å²) in [6, 6.07) is 14.6. The molecule has 0 bridgehead atoms. The minimum absolute atomic E-state index is 0.450. The van der Waals surface area contributed by atoms with Crippen molar-refractivity contribution in [1.82, 2.24) is 9.38 Å². The van der Waals surface area contributed by atoms with E-state index in [4.69, 9.17) is 0 Å². The predicted octanol–water partition coefficient (Wildman–Crippen LogP) is 5.56. The van der Waals surface area contributed by atoms with E-state index in [1.54, 1.807) is 10.6 Å². The van der Waals surface area contributed by atoms with Crippen molar-refractivity contribution < 1.29 is 13.2 Å². The number of nitrogens with zero attached hydrogens (tertiary/aromatic N) is 4. The number of benzene rings is 1. The number of alkyl halides is 3. The number of rotatable bonds is 4. The Bertz CT molecular complexity index is 1090. The fourth-order valence-electron chi connectivity index (χ4n) is 4.05. The molecule has 0 N–H and O–H groups in total. The van der Waals surface area contributed by atoms with Crippen LogP contribution < -0.4 is 4.90 Å². The van der Waals surface area contributed by atoms with E-state index in [-0.39, 0.29) is 0 Å². The molecule has 30 heavy (non-hydrogen) atoms. The van der Waals surface area contributed by atoms with Gasteiger partial charge in [-0.05, 0) is 36.5 Å². The van der Waals surface area contributed by atoms with Gasteiger partial charge in [0.2, 0.25) is 0 Å². The molecule has 1 aliphatic rings. The Morgan fingerprint density at radius 3 is 2.53 bits per heavy atom. The van der Waals surface area contributed by atoms with Gasteiger partial charge in [0.1, 0.15) is 11.6 Å². The second kappa shape index (κ2) is 8.23. The number of hydrogen-bond acceptors (Lipinski definition) is 3. The molecule has 0 spiro atoms. The Hall–Kier alpha value is -3.27. The largest absolute Gasteiger partial charge is 0.392 e. The Morgan fingerprint density at radius 1 is 1.13 bits per heavy atom. The first-order chi connectivity index (χ1) is 14.5. The maximum atomic E-state index is 12.4. The van der Waals surface area contributed by atoms with Crippen LogP contribution in [0.2, 0.25) is 0 Å². The summed E-state index contributed by atoms with van der Waals surface area (Å²) < 4.78 is 38.8. The highest BCUT2D eigenvalue weighted by atomic mass is 19.4. The third-order valence-corrected chi connectivity index (χ3v) is 5.54. The third-order valence-electron chi connectivity index (χ3n) is 5.54. The summed E-state index contributed by atoms with van der Waals surface area (Å²) in [4.78, 5) is 6.50. The van der Waals surface area contributed by atoms with Crippen molar-refractivity contribution in [1.29, 1.82) is 5.26 Å². The van der Waals surface area contributed by atoms with E-state index in [1.165, 1.54) is 17.8 Å². The predicted molar refractivity (Wildman–Crippen MR) is 110 cm³/mol. The summed E-state index contributed by atoms with van der Waals surface area (Å²) in [5, 5.41) is 9.77. The highest BCUT2D eigenvalue weighted by Gasteiger charge is 2.25. The van der Waals surface area contributed by atoms with Gasteiger partial charge >= 0.3 is 6.18 Å². The molecule has 4 rings (SSSR count). The molecule has 0 saturated carbocycles. The van der Waals surface area contributed by atoms with E-state index in [0.717, 1.165) is 37.7 Å². The number of hydrogen-bond donors (Lipinski definition) is 0. The van der Waals surface area contributed by atoms with Gasteiger partial charge in [-0.1, -0.05) is 36.4 Å². The molecule has 3 heterocycles. The number of fused-ring (bicyclic) bond motifs is 1. The van der Waals surface area contributed by atoms with Gasteiger partial charge in [-0.25, -0.2) is 4.98 Å². The maximum absolute atomic E-state index is 12.4. The van der Waals surface area contributed by atoms with Crippen molar-refractivity contribution >= 4 is 17.4 Å². The normalized spacial score (nSPS) is 15.7. The molecule has 1 fully saturated rings. The van der Waals surface area contributed by atoms with Gasteiger partial charge in [-0.15, -0.1) is 0 Å². The van der Waals surface area contributed by atoms with Gasteiger partial charge in [0, 0.05) is 19.3 Å². The van der Waals surface area contributed by atoms with E-state index < -0.39 is 12.6 Å². The summed E-state index contributed by atoms with van der Waals surface area (Å²) in [5.74, 6) is 0.508. The van der Waals surface area contributed by atoms with Crippen LogP contribution >= 0.6 is 0 Å². The molecule has 0 aliphatic carbocycles. The summed E-state index contributed by atoms with van der Waals surface area (Å²) in [6.07, 6.45) is 2.48. The lowest BCUT2D eigenvalue weighted by atomic mass is 9.89. The van der Waals surface area contributed by atoms with Crippen LogP contribution in [0, 0.1) is 11.3 Å². The number of anilines is 1. The molecule has 0 unspecified atom stereocenters. The van der Waals surface area contributed by atoms with Gasteiger partial charge in [-0.2, -0.15) is 18.4 Å². The second-order valence-corrected chi connectivity index (χ2v) is 7.46. The fraction of sp³-hybridized carbons (Fsp3) is 0.304. The standard InChI is InChI=1S/C23H21F3N4/c24-23(25,26)11-4-7-19-16-28-22-20(15-27)21(10-14-30(19)22)29-12-8-18(9-13-29)17-5-2-1-3-6-17/h1-7,10,14,16,18H,8-9,11-13H2/b7-4+. The maximum Gasteiger partial charge on any atom is 0.392 e. The number of allylic oxidation sites excluding steroid dienone is 1. The first-order valence-corrected chi connectivity index (χ1v) is 9.89. The molecule has 2 aromatic heterocycles. The van der Waals surface area contributed by atoms with Crippen molar-refractivity contribution in [3.8, 4) is 6.07 Å². The van der Waals surface area contributed by atoms with Crippen LogP contribution in [0.25, 0.3) is 11.7 Å². The zero-order chi connectivity index (χ0) is 21.1. The van der Waals surface area contributed by atoms with Crippen LogP contribution in [-0.4, -0.2) is 28.7 Å². The first-order valence-electron chi connectivity index (χ1n) is 9.89. The second-order valence-electron chi connectivity index (χ2n) is 7.46. The Labute approximate surface area is 172 Å². The van der Waals surface area contributed by atoms with Crippen LogP contribution in [0.1, 0.15) is 42.0 Å². The SMILES string of the molecule is N#Cc1c(N2CCC(c3ccccc3)CC2)ccn2c(/C=C/CC(F)(F)F)cnc12. The highest BCUT2D eigenvalue weighted by molar-refractivity contribution is 5.72. The van der Waals surface area contributed by atoms with Crippen LogP contribution in [0.4, 0.5) is 18.9 Å². The summed E-state index contributed by atoms with van der Waals surface area (Å²) >= 11 is 0. The van der Waals surface area contributed by atoms with Crippen LogP contribution in [0.5, 0.6) is 0 Å². The summed E-state index contributed by atoms with van der Waals surface area (Å²) in [5.41, 5.74) is 3.60. The number of piperidine rings is 1. The molecule has 3 aromatic rings. The van der Waals surface area contributed by atoms with Gasteiger partial charge in [0.15, 0.2) is 5.65 Å². The van der Waals surface area contributed by atoms with Gasteiger partial charge < -0.3 is 4.90 Å². The quantitative estimate of drug-likeness (QED) is 0.566. The molecule has 0 radical (unpaired) electrons. The lowest BCUT2D eigenvalue weighted by Crippen LogP contribution is -2.33. The van der Waals surface area contributed by atoms with Crippen molar-refractivity contribution in [2.45, 2.75) is 31.4 Å². The van der Waals surface area contributed by atoms with Crippen molar-refractivity contribution in [2.75, 3.05) is 18.0 Å². The zero-order valence-electron chi connectivity index (χ0n) is 16.3. The molecule has 1 aliphatic heterocycles. The van der Waals surface area contributed by atoms with Crippen molar-refractivity contribution in [3.63, 3.8) is 0 Å². The minimum Gasteiger partial charge on any atom is -0.370 e. The van der Waals surface area contributed by atoms with Crippen LogP contribution in [-0.2, 0) is 0 Å². The molecule has 4 nitrogen and oxygen atoms in total. The Kier molecular flexibility index (Phi) is 5.49. The van der Waals surface area contributed by atoms with E-state index in [2.05, 4.69) is 40.2 Å². The molecule has 1 saturated heterocycles. The number of imidazole rings is 1. The van der Waals surface area contributed by atoms with Crippen molar-refractivity contribution in [3.05, 3.63) is 71.7 Å². The summed E-state index contributed by atoms with van der Waals surface area (Å²) in [6.45, 7) is 1.67. The molecule has 1 aromatic carbocycles. The molecule has 0 amide bonds. The van der Waals surface area contributed by atoms with Crippen LogP contribution in [0.15, 0.2) is 54.9 Å². The Morgan fingerprint density at radius 2 is 1.87 bits per heavy atom. The molecule has 0 atom stereocenters. The van der Waals surface area contributed by atoms with Gasteiger partial charge in [0.05, 0.1) is 24.0 Å². The van der Waals surface area contributed by atoms with E-state index >= 15 is 0 Å². The lowest BCUT2D eigenvalue weighted by molar-refractivity contribution is -0.124. The molecule has 154 valence electrons. The zero-order valence-corrected chi connectivity index (χ0v) is 16.3. The van der Waals surface area contributed by atoms with E-state index in [9.17, 15) is 18.4 Å².